The minimum Gasteiger partial charge on any atom is -0.253 e. The molecule has 0 bridgehead atoms. The van der Waals surface area contributed by atoms with E-state index in [1.807, 2.05) is 73.7 Å². The molecule has 2 aromatic heterocycles. The van der Waals surface area contributed by atoms with Crippen molar-refractivity contribution >= 4 is 21.5 Å². The molecule has 0 saturated heterocycles. The number of benzene rings is 7. The highest BCUT2D eigenvalue weighted by atomic mass is 15.0. The van der Waals surface area contributed by atoms with E-state index >= 15 is 0 Å². The monoisotopic (exact) mass is 652 g/mol. The normalized spacial score (nSPS) is 11.2. The highest BCUT2D eigenvalue weighted by molar-refractivity contribution is 6.14. The number of hydrogen-bond acceptors (Lipinski definition) is 4. The van der Waals surface area contributed by atoms with Crippen LogP contribution in [-0.4, -0.2) is 19.9 Å². The van der Waals surface area contributed by atoms with Gasteiger partial charge in [-0.2, -0.15) is 0 Å². The van der Waals surface area contributed by atoms with Gasteiger partial charge >= 0.3 is 0 Å². The van der Waals surface area contributed by atoms with Crippen molar-refractivity contribution in [2.45, 2.75) is 6.92 Å². The Labute approximate surface area is 296 Å². The molecule has 9 rings (SSSR count). The zero-order valence-corrected chi connectivity index (χ0v) is 28.0. The molecule has 240 valence electrons. The summed E-state index contributed by atoms with van der Waals surface area (Å²) in [5.41, 5.74) is 10.2. The lowest BCUT2D eigenvalue weighted by molar-refractivity contribution is 1.07. The average Bonchev–Trinajstić information content (AvgIpc) is 3.21. The first-order valence-electron chi connectivity index (χ1n) is 17.1. The number of fused-ring (bicyclic) bond motifs is 3. The second-order valence-electron chi connectivity index (χ2n) is 12.8. The van der Waals surface area contributed by atoms with Crippen LogP contribution in [0.1, 0.15) is 5.69 Å². The van der Waals surface area contributed by atoms with Crippen LogP contribution in [0.2, 0.25) is 0 Å². The van der Waals surface area contributed by atoms with Crippen molar-refractivity contribution in [2.75, 3.05) is 0 Å². The van der Waals surface area contributed by atoms with E-state index < -0.39 is 0 Å². The third-order valence-corrected chi connectivity index (χ3v) is 9.35. The summed E-state index contributed by atoms with van der Waals surface area (Å²) in [6.07, 6.45) is 0. The van der Waals surface area contributed by atoms with Crippen molar-refractivity contribution in [2.24, 2.45) is 0 Å². The summed E-state index contributed by atoms with van der Waals surface area (Å²) in [6.45, 7) is 2.03. The molecule has 2 heterocycles. The molecule has 4 heteroatoms. The van der Waals surface area contributed by atoms with E-state index in [0.717, 1.165) is 55.9 Å². The maximum Gasteiger partial charge on any atom is 0.164 e. The summed E-state index contributed by atoms with van der Waals surface area (Å²) >= 11 is 0. The van der Waals surface area contributed by atoms with Crippen molar-refractivity contribution in [3.05, 3.63) is 182 Å². The van der Waals surface area contributed by atoms with E-state index in [1.165, 1.54) is 21.5 Å². The van der Waals surface area contributed by atoms with Gasteiger partial charge in [0.25, 0.3) is 0 Å². The second-order valence-corrected chi connectivity index (χ2v) is 12.8. The Morgan fingerprint density at radius 2 is 0.824 bits per heavy atom. The third-order valence-electron chi connectivity index (χ3n) is 9.35. The molecule has 0 amide bonds. The van der Waals surface area contributed by atoms with E-state index in [2.05, 4.69) is 109 Å². The Balaban J connectivity index is 1.31. The van der Waals surface area contributed by atoms with Crippen molar-refractivity contribution in [3.63, 3.8) is 0 Å². The van der Waals surface area contributed by atoms with Crippen molar-refractivity contribution in [1.82, 2.24) is 19.9 Å². The van der Waals surface area contributed by atoms with Crippen LogP contribution in [0.3, 0.4) is 0 Å². The first-order valence-corrected chi connectivity index (χ1v) is 17.1. The fraction of sp³-hybridized carbons (Fsp3) is 0.0213. The summed E-state index contributed by atoms with van der Waals surface area (Å²) in [4.78, 5) is 20.0. The molecule has 4 nitrogen and oxygen atoms in total. The number of aryl methyl sites for hydroxylation is 1. The highest BCUT2D eigenvalue weighted by Crippen LogP contribution is 2.39. The Morgan fingerprint density at radius 3 is 1.53 bits per heavy atom. The van der Waals surface area contributed by atoms with Crippen LogP contribution in [0, 0.1) is 6.92 Å². The standard InChI is InChI=1S/C47H32N4/c1-31-14-12-25-44(48-31)36-21-13-20-34(26-36)37-27-38(43-30-35-19-8-9-22-40(35)41-23-10-11-24-42(41)43)29-39(28-37)47-50-45(32-15-4-2-5-16-32)49-46(51-47)33-17-6-3-7-18-33/h2-30H,1H3. The number of rotatable bonds is 6. The third kappa shape index (κ3) is 5.94. The van der Waals surface area contributed by atoms with Crippen LogP contribution in [0.15, 0.2) is 176 Å². The molecular formula is C47H32N4. The topological polar surface area (TPSA) is 51.6 Å². The van der Waals surface area contributed by atoms with Crippen molar-refractivity contribution < 1.29 is 0 Å². The van der Waals surface area contributed by atoms with Gasteiger partial charge in [0.1, 0.15) is 0 Å². The first-order chi connectivity index (χ1) is 25.2. The van der Waals surface area contributed by atoms with E-state index in [-0.39, 0.29) is 0 Å². The summed E-state index contributed by atoms with van der Waals surface area (Å²) in [7, 11) is 0. The van der Waals surface area contributed by atoms with E-state index in [0.29, 0.717) is 17.5 Å². The summed E-state index contributed by atoms with van der Waals surface area (Å²) in [5, 5.41) is 4.86. The SMILES string of the molecule is Cc1cccc(-c2cccc(-c3cc(-c4nc(-c5ccccc5)nc(-c5ccccc5)n4)cc(-c4cc5ccccc5c5ccccc45)c3)c2)n1. The van der Waals surface area contributed by atoms with Crippen LogP contribution in [0.4, 0.5) is 0 Å². The molecule has 0 fully saturated rings. The van der Waals surface area contributed by atoms with Crippen LogP contribution in [0.25, 0.3) is 89.2 Å². The van der Waals surface area contributed by atoms with Gasteiger partial charge in [-0.3, -0.25) is 4.98 Å². The van der Waals surface area contributed by atoms with Crippen molar-refractivity contribution in [1.29, 1.82) is 0 Å². The molecule has 9 aromatic rings. The quantitative estimate of drug-likeness (QED) is 0.168. The van der Waals surface area contributed by atoms with Crippen LogP contribution in [0.5, 0.6) is 0 Å². The number of hydrogen-bond donors (Lipinski definition) is 0. The van der Waals surface area contributed by atoms with Gasteiger partial charge in [0.15, 0.2) is 17.5 Å². The molecule has 7 aromatic carbocycles. The lowest BCUT2D eigenvalue weighted by Gasteiger charge is -2.15. The highest BCUT2D eigenvalue weighted by Gasteiger charge is 2.17. The fourth-order valence-corrected chi connectivity index (χ4v) is 6.87. The first kappa shape index (κ1) is 30.3. The largest absolute Gasteiger partial charge is 0.253 e. The Kier molecular flexibility index (Phi) is 7.67. The van der Waals surface area contributed by atoms with Gasteiger partial charge in [0, 0.05) is 27.9 Å². The smallest absolute Gasteiger partial charge is 0.164 e. The van der Waals surface area contributed by atoms with Gasteiger partial charge in [-0.1, -0.05) is 133 Å². The van der Waals surface area contributed by atoms with Gasteiger partial charge in [-0.25, -0.2) is 15.0 Å². The predicted octanol–water partition coefficient (Wildman–Crippen LogP) is 11.9. The van der Waals surface area contributed by atoms with Gasteiger partial charge in [-0.15, -0.1) is 0 Å². The number of aromatic nitrogens is 4. The minimum atomic E-state index is 0.618. The maximum atomic E-state index is 5.12. The zero-order chi connectivity index (χ0) is 34.1. The van der Waals surface area contributed by atoms with E-state index in [9.17, 15) is 0 Å². The summed E-state index contributed by atoms with van der Waals surface area (Å²) in [6, 6.07) is 61.3. The molecule has 0 aliphatic carbocycles. The van der Waals surface area contributed by atoms with Crippen LogP contribution >= 0.6 is 0 Å². The molecule has 0 atom stereocenters. The van der Waals surface area contributed by atoms with E-state index in [4.69, 9.17) is 19.9 Å². The lowest BCUT2D eigenvalue weighted by atomic mass is 9.90. The average molecular weight is 653 g/mol. The minimum absolute atomic E-state index is 0.618. The molecule has 0 spiro atoms. The molecular weight excluding hydrogens is 621 g/mol. The van der Waals surface area contributed by atoms with Crippen LogP contribution < -0.4 is 0 Å². The Bertz CT molecular complexity index is 2640. The van der Waals surface area contributed by atoms with Gasteiger partial charge < -0.3 is 0 Å². The molecule has 0 radical (unpaired) electrons. The van der Waals surface area contributed by atoms with Gasteiger partial charge in [0.05, 0.1) is 5.69 Å². The van der Waals surface area contributed by atoms with Crippen LogP contribution in [-0.2, 0) is 0 Å². The van der Waals surface area contributed by atoms with Crippen molar-refractivity contribution in [3.8, 4) is 67.7 Å². The van der Waals surface area contributed by atoms with Gasteiger partial charge in [-0.05, 0) is 93.2 Å². The molecule has 0 aliphatic heterocycles. The molecule has 0 N–H and O–H groups in total. The predicted molar refractivity (Wildman–Crippen MR) is 210 cm³/mol. The summed E-state index contributed by atoms with van der Waals surface area (Å²) < 4.78 is 0. The molecule has 0 aliphatic rings. The second kappa shape index (κ2) is 12.9. The molecule has 0 unspecified atom stereocenters. The lowest BCUT2D eigenvalue weighted by Crippen LogP contribution is -2.00. The number of nitrogens with zero attached hydrogens (tertiary/aromatic N) is 4. The maximum absolute atomic E-state index is 5.12. The van der Waals surface area contributed by atoms with E-state index in [1.54, 1.807) is 0 Å². The molecule has 51 heavy (non-hydrogen) atoms. The number of pyridine rings is 1. The summed E-state index contributed by atoms with van der Waals surface area (Å²) in [5.74, 6) is 1.89. The van der Waals surface area contributed by atoms with Gasteiger partial charge in [0.2, 0.25) is 0 Å². The Morgan fingerprint density at radius 1 is 0.314 bits per heavy atom. The fourth-order valence-electron chi connectivity index (χ4n) is 6.87. The molecule has 0 saturated carbocycles. The zero-order valence-electron chi connectivity index (χ0n) is 28.0. The Hall–Kier alpha value is -6.78.